The van der Waals surface area contributed by atoms with Gasteiger partial charge in [-0.1, -0.05) is 23.4 Å². The number of nitro groups is 1. The molecule has 3 aromatic rings. The lowest BCUT2D eigenvalue weighted by Gasteiger charge is -2.13. The Morgan fingerprint density at radius 2 is 2.13 bits per heavy atom. The molecule has 0 aliphatic carbocycles. The molecule has 1 fully saturated rings. The Kier molecular flexibility index (Phi) is 5.43. The Morgan fingerprint density at radius 3 is 2.84 bits per heavy atom. The number of hydrogen-bond acceptors (Lipinski definition) is 6. The maximum Gasteiger partial charge on any atom is 0.285 e. The molecule has 0 saturated carbocycles. The number of aromatic nitrogens is 2. The van der Waals surface area contributed by atoms with Crippen LogP contribution < -0.4 is 10.6 Å². The molecule has 158 valence electrons. The number of nitrogens with zero attached hydrogens (tertiary/aromatic N) is 3. The highest BCUT2D eigenvalue weighted by Crippen LogP contribution is 2.32. The zero-order chi connectivity index (χ0) is 22.2. The van der Waals surface area contributed by atoms with Gasteiger partial charge in [-0.15, -0.1) is 0 Å². The fourth-order valence-electron chi connectivity index (χ4n) is 3.33. The van der Waals surface area contributed by atoms with Crippen molar-refractivity contribution >= 4 is 39.7 Å². The van der Waals surface area contributed by atoms with Crippen molar-refractivity contribution in [3.8, 4) is 11.8 Å². The van der Waals surface area contributed by atoms with E-state index in [4.69, 9.17) is 11.6 Å². The van der Waals surface area contributed by atoms with Gasteiger partial charge < -0.3 is 10.6 Å². The van der Waals surface area contributed by atoms with Crippen LogP contribution in [0.25, 0.3) is 10.9 Å². The first kappa shape index (κ1) is 20.9. The molecule has 0 radical (unpaired) electrons. The van der Waals surface area contributed by atoms with Gasteiger partial charge in [-0.2, -0.15) is 0 Å². The lowest BCUT2D eigenvalue weighted by atomic mass is 9.90. The van der Waals surface area contributed by atoms with E-state index in [0.29, 0.717) is 12.1 Å². The molecular weight excluding hydrogens is 428 g/mol. The summed E-state index contributed by atoms with van der Waals surface area (Å²) >= 11 is 5.62. The maximum atomic E-state index is 14.3. The normalized spacial score (nSPS) is 17.9. The molecule has 1 atom stereocenters. The first-order valence-corrected chi connectivity index (χ1v) is 9.73. The summed E-state index contributed by atoms with van der Waals surface area (Å²) in [6.07, 6.45) is 2.09. The smallest absolute Gasteiger partial charge is 0.285 e. The maximum absolute atomic E-state index is 14.3. The zero-order valence-corrected chi connectivity index (χ0v) is 17.1. The molecule has 4 rings (SSSR count). The Bertz CT molecular complexity index is 1270. The van der Waals surface area contributed by atoms with Crippen LogP contribution in [0, 0.1) is 39.0 Å². The first-order valence-electron chi connectivity index (χ1n) is 9.35. The number of halogens is 3. The van der Waals surface area contributed by atoms with Crippen LogP contribution >= 0.6 is 11.6 Å². The predicted octanol–water partition coefficient (Wildman–Crippen LogP) is 4.56. The van der Waals surface area contributed by atoms with Crippen LogP contribution in [0.5, 0.6) is 0 Å². The number of nitrogens with one attached hydrogen (secondary N) is 2. The van der Waals surface area contributed by atoms with Crippen LogP contribution in [-0.4, -0.2) is 28.0 Å². The fourth-order valence-corrected chi connectivity index (χ4v) is 3.50. The topological polar surface area (TPSA) is 93.0 Å². The molecule has 1 unspecified atom stereocenters. The standard InChI is InChI=1S/C21H16ClF2N5O2/c1-21(6-7-25-10-21)5-4-12-8-16-13(9-17(12)29(30)31)20(27-11-26-16)28-15-3-2-14(23)18(22)19(15)24/h2-3,8-9,11,25H,6-7,10H2,1H3,(H,26,27,28). The molecule has 2 aromatic carbocycles. The number of anilines is 2. The third kappa shape index (κ3) is 4.13. The van der Waals surface area contributed by atoms with Crippen LogP contribution in [0.4, 0.5) is 26.0 Å². The van der Waals surface area contributed by atoms with Crippen LogP contribution in [-0.2, 0) is 0 Å². The van der Waals surface area contributed by atoms with Gasteiger partial charge in [-0.05, 0) is 38.1 Å². The third-order valence-corrected chi connectivity index (χ3v) is 5.45. The van der Waals surface area contributed by atoms with Crippen LogP contribution in [0.15, 0.2) is 30.6 Å². The van der Waals surface area contributed by atoms with Gasteiger partial charge in [0.25, 0.3) is 5.69 Å². The van der Waals surface area contributed by atoms with Crippen molar-refractivity contribution < 1.29 is 13.7 Å². The van der Waals surface area contributed by atoms with E-state index in [1.807, 2.05) is 6.92 Å². The summed E-state index contributed by atoms with van der Waals surface area (Å²) in [4.78, 5) is 19.4. The molecule has 7 nitrogen and oxygen atoms in total. The fraction of sp³-hybridized carbons (Fsp3) is 0.238. The van der Waals surface area contributed by atoms with Gasteiger partial charge >= 0.3 is 0 Å². The molecule has 2 N–H and O–H groups in total. The quantitative estimate of drug-likeness (QED) is 0.267. The van der Waals surface area contributed by atoms with Crippen molar-refractivity contribution in [2.75, 3.05) is 18.4 Å². The summed E-state index contributed by atoms with van der Waals surface area (Å²) in [5.41, 5.74) is 0.00669. The summed E-state index contributed by atoms with van der Waals surface area (Å²) in [5.74, 6) is 4.28. The monoisotopic (exact) mass is 443 g/mol. The van der Waals surface area contributed by atoms with Crippen molar-refractivity contribution in [1.29, 1.82) is 0 Å². The molecule has 0 bridgehead atoms. The van der Waals surface area contributed by atoms with Crippen LogP contribution in [0.3, 0.4) is 0 Å². The Labute approximate surface area is 181 Å². The van der Waals surface area contributed by atoms with E-state index in [2.05, 4.69) is 32.4 Å². The molecule has 1 saturated heterocycles. The summed E-state index contributed by atoms with van der Waals surface area (Å²) in [6.45, 7) is 3.56. The highest BCUT2D eigenvalue weighted by Gasteiger charge is 2.26. The van der Waals surface area contributed by atoms with E-state index >= 15 is 0 Å². The minimum atomic E-state index is -0.996. The predicted molar refractivity (Wildman–Crippen MR) is 113 cm³/mol. The first-order chi connectivity index (χ1) is 14.8. The average molecular weight is 444 g/mol. The SMILES string of the molecule is CC1(C#Cc2cc3ncnc(Nc4ccc(F)c(Cl)c4F)c3cc2[N+](=O)[O-])CCNC1. The number of rotatable bonds is 3. The second-order valence-electron chi connectivity index (χ2n) is 7.45. The van der Waals surface area contributed by atoms with E-state index in [-0.39, 0.29) is 33.6 Å². The molecule has 10 heteroatoms. The molecule has 0 amide bonds. The second kappa shape index (κ2) is 8.06. The number of benzene rings is 2. The Morgan fingerprint density at radius 1 is 1.32 bits per heavy atom. The van der Waals surface area contributed by atoms with Gasteiger partial charge in [0, 0.05) is 23.4 Å². The molecule has 2 heterocycles. The highest BCUT2D eigenvalue weighted by molar-refractivity contribution is 6.31. The summed E-state index contributed by atoms with van der Waals surface area (Å²) in [5, 5.41) is 17.3. The summed E-state index contributed by atoms with van der Waals surface area (Å²) < 4.78 is 27.7. The van der Waals surface area contributed by atoms with Crippen molar-refractivity contribution in [2.24, 2.45) is 5.41 Å². The van der Waals surface area contributed by atoms with Gasteiger partial charge in [-0.3, -0.25) is 10.1 Å². The van der Waals surface area contributed by atoms with E-state index < -0.39 is 21.6 Å². The van der Waals surface area contributed by atoms with Gasteiger partial charge in [-0.25, -0.2) is 18.7 Å². The molecular formula is C21H16ClF2N5O2. The minimum absolute atomic E-state index is 0.112. The lowest BCUT2D eigenvalue weighted by molar-refractivity contribution is -0.385. The molecule has 31 heavy (non-hydrogen) atoms. The zero-order valence-electron chi connectivity index (χ0n) is 16.3. The molecule has 1 aliphatic heterocycles. The number of fused-ring (bicyclic) bond motifs is 1. The van der Waals surface area contributed by atoms with Crippen LogP contribution in [0.2, 0.25) is 5.02 Å². The highest BCUT2D eigenvalue weighted by atomic mass is 35.5. The van der Waals surface area contributed by atoms with Gasteiger partial charge in [0.15, 0.2) is 5.82 Å². The molecule has 1 aliphatic rings. The average Bonchev–Trinajstić information content (AvgIpc) is 3.19. The van der Waals surface area contributed by atoms with Crippen LogP contribution in [0.1, 0.15) is 18.9 Å². The Hall–Kier alpha value is -3.35. The lowest BCUT2D eigenvalue weighted by Crippen LogP contribution is -2.17. The number of hydrogen-bond donors (Lipinski definition) is 2. The summed E-state index contributed by atoms with van der Waals surface area (Å²) in [6, 6.07) is 4.97. The van der Waals surface area contributed by atoms with Gasteiger partial charge in [0.05, 0.1) is 16.1 Å². The van der Waals surface area contributed by atoms with Crippen molar-refractivity contribution in [3.63, 3.8) is 0 Å². The third-order valence-electron chi connectivity index (χ3n) is 5.11. The van der Waals surface area contributed by atoms with Crippen molar-refractivity contribution in [1.82, 2.24) is 15.3 Å². The largest absolute Gasteiger partial charge is 0.337 e. The Balaban J connectivity index is 1.80. The summed E-state index contributed by atoms with van der Waals surface area (Å²) in [7, 11) is 0. The van der Waals surface area contributed by atoms with Crippen molar-refractivity contribution in [2.45, 2.75) is 13.3 Å². The second-order valence-corrected chi connectivity index (χ2v) is 7.83. The minimum Gasteiger partial charge on any atom is -0.337 e. The van der Waals surface area contributed by atoms with Gasteiger partial charge in [0.2, 0.25) is 0 Å². The van der Waals surface area contributed by atoms with E-state index in [1.54, 1.807) is 0 Å². The van der Waals surface area contributed by atoms with E-state index in [1.165, 1.54) is 18.5 Å². The van der Waals surface area contributed by atoms with Crippen molar-refractivity contribution in [3.05, 3.63) is 62.9 Å². The van der Waals surface area contributed by atoms with Gasteiger partial charge in [0.1, 0.15) is 28.5 Å². The molecule has 0 spiro atoms. The van der Waals surface area contributed by atoms with E-state index in [9.17, 15) is 18.9 Å². The molecule has 1 aromatic heterocycles. The van der Waals surface area contributed by atoms with E-state index in [0.717, 1.165) is 25.1 Å². The number of nitro benzene ring substituents is 1.